The number of nitrogens with two attached hydrogens (primary N) is 1. The number of nitrogens with one attached hydrogen (secondary N) is 1. The highest BCUT2D eigenvalue weighted by Gasteiger charge is 2.25. The van der Waals surface area contributed by atoms with E-state index in [4.69, 9.17) is 15.2 Å². The molecular formula is C33H35N7O3. The van der Waals surface area contributed by atoms with Gasteiger partial charge in [-0.1, -0.05) is 79.9 Å². The molecule has 0 spiro atoms. The average Bonchev–Trinajstić information content (AvgIpc) is 3.77. The molecule has 6 rings (SSSR count). The number of allylic oxidation sites excluding steroid dienone is 3. The molecule has 220 valence electrons. The molecule has 1 amide bonds. The molecule has 2 atom stereocenters. The lowest BCUT2D eigenvalue weighted by Gasteiger charge is -2.10. The summed E-state index contributed by atoms with van der Waals surface area (Å²) in [6.45, 7) is 8.96. The highest BCUT2D eigenvalue weighted by molar-refractivity contribution is 5.98. The Kier molecular flexibility index (Phi) is 10.3. The van der Waals surface area contributed by atoms with Crippen molar-refractivity contribution in [1.82, 2.24) is 25.1 Å². The molecule has 10 heteroatoms. The molecule has 0 fully saturated rings. The van der Waals surface area contributed by atoms with E-state index in [1.807, 2.05) is 61.5 Å². The van der Waals surface area contributed by atoms with Crippen LogP contribution >= 0.6 is 0 Å². The molecule has 5 aromatic rings. The van der Waals surface area contributed by atoms with E-state index in [0.717, 1.165) is 16.5 Å². The predicted octanol–water partition coefficient (Wildman–Crippen LogP) is 5.68. The molecule has 10 nitrogen and oxygen atoms in total. The van der Waals surface area contributed by atoms with Gasteiger partial charge in [-0.2, -0.15) is 5.10 Å². The highest BCUT2D eigenvalue weighted by Crippen LogP contribution is 2.34. The fraction of sp³-hybridized carbons (Fsp3) is 0.182. The Labute approximate surface area is 250 Å². The van der Waals surface area contributed by atoms with Crippen LogP contribution in [0.2, 0.25) is 0 Å². The minimum absolute atomic E-state index is 0.108. The average molecular weight is 578 g/mol. The predicted molar refractivity (Wildman–Crippen MR) is 172 cm³/mol. The normalized spacial score (nSPS) is 15.5. The zero-order valence-corrected chi connectivity index (χ0v) is 24.2. The van der Waals surface area contributed by atoms with Crippen LogP contribution in [0.25, 0.3) is 33.3 Å². The van der Waals surface area contributed by atoms with Crippen molar-refractivity contribution in [3.63, 3.8) is 0 Å². The summed E-state index contributed by atoms with van der Waals surface area (Å²) < 4.78 is 7.42. The molecule has 4 N–H and O–H groups in total. The number of aliphatic imine (C=N–C) groups is 1. The van der Waals surface area contributed by atoms with Crippen LogP contribution in [-0.4, -0.2) is 50.1 Å². The smallest absolute Gasteiger partial charge is 0.287 e. The number of nitrogens with zero attached hydrogens (tertiary/aromatic N) is 5. The first-order valence-electron chi connectivity index (χ1n) is 13.7. The fourth-order valence-corrected chi connectivity index (χ4v) is 4.41. The summed E-state index contributed by atoms with van der Waals surface area (Å²) in [5, 5.41) is 19.2. The van der Waals surface area contributed by atoms with E-state index in [-0.39, 0.29) is 17.7 Å². The Bertz CT molecular complexity index is 1720. The van der Waals surface area contributed by atoms with E-state index in [0.29, 0.717) is 41.1 Å². The van der Waals surface area contributed by atoms with Gasteiger partial charge in [0.25, 0.3) is 5.91 Å². The Morgan fingerprint density at radius 3 is 2.51 bits per heavy atom. The molecule has 0 bridgehead atoms. The van der Waals surface area contributed by atoms with Crippen LogP contribution < -0.4 is 11.1 Å². The number of aliphatic hydroxyl groups excluding tert-OH is 1. The molecular weight excluding hydrogens is 542 g/mol. The van der Waals surface area contributed by atoms with Gasteiger partial charge in [0.05, 0.1) is 17.5 Å². The summed E-state index contributed by atoms with van der Waals surface area (Å²) in [5.74, 6) is 0.356. The van der Waals surface area contributed by atoms with E-state index in [1.54, 1.807) is 42.2 Å². The maximum absolute atomic E-state index is 12.5. The van der Waals surface area contributed by atoms with Crippen LogP contribution in [0.3, 0.4) is 0 Å². The van der Waals surface area contributed by atoms with Crippen molar-refractivity contribution in [2.45, 2.75) is 32.0 Å². The lowest BCUT2D eigenvalue weighted by molar-refractivity contribution is 0.0925. The topological polar surface area (TPSA) is 144 Å². The molecule has 2 aromatic carbocycles. The number of hydrogen-bond donors (Lipinski definition) is 3. The number of benzene rings is 2. The van der Waals surface area contributed by atoms with Crippen molar-refractivity contribution in [2.24, 2.45) is 4.99 Å². The SMILES string of the molecule is C=CC=C.CC=NC.Nc1ncnc2c1c(-c1ccc(CNC(=O)c3cc4ccccc4o3)cc1)nn2C1C=CC(O)C1. The van der Waals surface area contributed by atoms with Gasteiger partial charge in [0.2, 0.25) is 0 Å². The first kappa shape index (κ1) is 30.6. The number of rotatable bonds is 6. The van der Waals surface area contributed by atoms with Gasteiger partial charge >= 0.3 is 0 Å². The largest absolute Gasteiger partial charge is 0.451 e. The van der Waals surface area contributed by atoms with Crippen LogP contribution in [0.4, 0.5) is 5.82 Å². The number of carbonyl (C=O) groups is 1. The summed E-state index contributed by atoms with van der Waals surface area (Å²) in [7, 11) is 1.75. The van der Waals surface area contributed by atoms with Gasteiger partial charge in [0.1, 0.15) is 23.4 Å². The molecule has 3 aromatic heterocycles. The number of aliphatic hydroxyl groups is 1. The van der Waals surface area contributed by atoms with Gasteiger partial charge in [-0.3, -0.25) is 4.79 Å². The first-order chi connectivity index (χ1) is 20.9. The van der Waals surface area contributed by atoms with Gasteiger partial charge in [0, 0.05) is 31.0 Å². The number of nitrogen functional groups attached to an aromatic ring is 1. The molecule has 0 saturated heterocycles. The number of amides is 1. The molecule has 43 heavy (non-hydrogen) atoms. The molecule has 3 heterocycles. The van der Waals surface area contributed by atoms with Gasteiger partial charge in [-0.25, -0.2) is 14.6 Å². The molecule has 0 saturated carbocycles. The number of furan rings is 1. The monoisotopic (exact) mass is 577 g/mol. The van der Waals surface area contributed by atoms with Gasteiger partial charge in [-0.05, 0) is 30.8 Å². The van der Waals surface area contributed by atoms with Crippen LogP contribution in [0, 0.1) is 0 Å². The Morgan fingerprint density at radius 2 is 1.88 bits per heavy atom. The van der Waals surface area contributed by atoms with Gasteiger partial charge in [-0.15, -0.1) is 0 Å². The molecule has 0 radical (unpaired) electrons. The Hall–Kier alpha value is -5.35. The zero-order chi connectivity index (χ0) is 30.8. The van der Waals surface area contributed by atoms with E-state index in [1.165, 1.54) is 6.33 Å². The van der Waals surface area contributed by atoms with E-state index >= 15 is 0 Å². The van der Waals surface area contributed by atoms with E-state index < -0.39 is 6.10 Å². The van der Waals surface area contributed by atoms with Gasteiger partial charge < -0.3 is 25.6 Å². The summed E-state index contributed by atoms with van der Waals surface area (Å²) >= 11 is 0. The van der Waals surface area contributed by atoms with E-state index in [2.05, 4.69) is 33.4 Å². The third-order valence-electron chi connectivity index (χ3n) is 6.63. The third-order valence-corrected chi connectivity index (χ3v) is 6.63. The molecule has 2 unspecified atom stereocenters. The molecule has 1 aliphatic carbocycles. The van der Waals surface area contributed by atoms with Crippen molar-refractivity contribution in [2.75, 3.05) is 12.8 Å². The standard InChI is InChI=1S/C26H22N6O3.C4H6.C3H7N/c27-24-22-23(31-32(25(22)30-14-29-24)18-9-10-19(33)12-18)16-7-5-15(6-8-16)13-28-26(34)21-11-17-3-1-2-4-20(17)35-21;2*1-3-4-2/h1-11,14,18-19,33H,12-13H2,(H,28,34)(H2,27,29,30);3-4H,1-2H2;3H,1-2H3. The maximum Gasteiger partial charge on any atom is 0.287 e. The fourth-order valence-electron chi connectivity index (χ4n) is 4.41. The lowest BCUT2D eigenvalue weighted by atomic mass is 10.1. The van der Waals surface area contributed by atoms with Crippen LogP contribution in [0.5, 0.6) is 0 Å². The second-order valence-corrected chi connectivity index (χ2v) is 9.52. The molecule has 1 aliphatic rings. The quantitative estimate of drug-likeness (QED) is 0.134. The highest BCUT2D eigenvalue weighted by atomic mass is 16.3. The Balaban J connectivity index is 0.000000474. The lowest BCUT2D eigenvalue weighted by Crippen LogP contribution is -2.22. The third kappa shape index (κ3) is 7.30. The minimum Gasteiger partial charge on any atom is -0.451 e. The van der Waals surface area contributed by atoms with E-state index in [9.17, 15) is 9.90 Å². The first-order valence-corrected chi connectivity index (χ1v) is 13.7. The summed E-state index contributed by atoms with van der Waals surface area (Å²) in [6.07, 6.45) is 10.2. The molecule has 0 aliphatic heterocycles. The van der Waals surface area contributed by atoms with Crippen molar-refractivity contribution in [3.8, 4) is 11.3 Å². The number of carbonyl (C=O) groups excluding carboxylic acids is 1. The minimum atomic E-state index is -0.504. The second-order valence-electron chi connectivity index (χ2n) is 9.52. The zero-order valence-electron chi connectivity index (χ0n) is 24.2. The van der Waals surface area contributed by atoms with Crippen molar-refractivity contribution in [3.05, 3.63) is 110 Å². The van der Waals surface area contributed by atoms with Crippen molar-refractivity contribution in [1.29, 1.82) is 0 Å². The number of para-hydroxylation sites is 1. The summed E-state index contributed by atoms with van der Waals surface area (Å²) in [4.78, 5) is 24.7. The summed E-state index contributed by atoms with van der Waals surface area (Å²) in [6, 6.07) is 16.9. The van der Waals surface area contributed by atoms with Crippen molar-refractivity contribution < 1.29 is 14.3 Å². The van der Waals surface area contributed by atoms with Crippen molar-refractivity contribution >= 4 is 39.9 Å². The number of aromatic nitrogens is 4. The van der Waals surface area contributed by atoms with Crippen LogP contribution in [0.1, 0.15) is 35.5 Å². The number of hydrogen-bond acceptors (Lipinski definition) is 8. The number of anilines is 1. The second kappa shape index (κ2) is 14.5. The van der Waals surface area contributed by atoms with Gasteiger partial charge in [0.15, 0.2) is 11.4 Å². The van der Waals surface area contributed by atoms with Crippen LogP contribution in [0.15, 0.2) is 108 Å². The Morgan fingerprint density at radius 1 is 1.16 bits per heavy atom. The summed E-state index contributed by atoms with van der Waals surface area (Å²) in [5.41, 5.74) is 9.95. The number of fused-ring (bicyclic) bond motifs is 2. The van der Waals surface area contributed by atoms with Crippen LogP contribution in [-0.2, 0) is 6.54 Å². The maximum atomic E-state index is 12.5.